The van der Waals surface area contributed by atoms with Gasteiger partial charge in [-0.05, 0) is 30.2 Å². The number of amides is 1. The summed E-state index contributed by atoms with van der Waals surface area (Å²) >= 11 is 9.53. The highest BCUT2D eigenvalue weighted by Crippen LogP contribution is 2.29. The third-order valence-electron chi connectivity index (χ3n) is 2.63. The third-order valence-corrected chi connectivity index (χ3v) is 2.63. The monoisotopic (exact) mass is 275 g/mol. The number of hydrogen-bond acceptors (Lipinski definition) is 2. The highest BCUT2D eigenvalue weighted by atomic mass is 35.5. The van der Waals surface area contributed by atoms with E-state index < -0.39 is 0 Å². The lowest BCUT2D eigenvalue weighted by atomic mass is 10.0. The van der Waals surface area contributed by atoms with E-state index in [1.54, 1.807) is 12.0 Å². The Kier molecular flexibility index (Phi) is 5.59. The Hall–Kier alpha value is -0.930. The summed E-state index contributed by atoms with van der Waals surface area (Å²) in [5.41, 5.74) is 2.19. The minimum absolute atomic E-state index is 0.183. The molecule has 0 aromatic heterocycles. The van der Waals surface area contributed by atoms with Crippen LogP contribution in [0.2, 0.25) is 0 Å². The van der Waals surface area contributed by atoms with Gasteiger partial charge in [0.25, 0.3) is 0 Å². The fourth-order valence-electron chi connectivity index (χ4n) is 1.76. The first-order valence-electron chi connectivity index (χ1n) is 5.19. The van der Waals surface area contributed by atoms with Gasteiger partial charge in [0, 0.05) is 19.2 Å². The Morgan fingerprint density at radius 3 is 2.59 bits per heavy atom. The average Bonchev–Trinajstić information content (AvgIpc) is 2.34. The molecule has 0 N–H and O–H groups in total. The Labute approximate surface area is 111 Å². The molecule has 1 aromatic rings. The van der Waals surface area contributed by atoms with Crippen LogP contribution in [0.25, 0.3) is 0 Å². The number of rotatable bonds is 1. The third kappa shape index (κ3) is 3.51. The van der Waals surface area contributed by atoms with Gasteiger partial charge in [0.2, 0.25) is 5.91 Å². The maximum atomic E-state index is 11.4. The van der Waals surface area contributed by atoms with Crippen LogP contribution in [0.15, 0.2) is 18.2 Å². The summed E-state index contributed by atoms with van der Waals surface area (Å²) < 4.78 is 5.14. The Morgan fingerprint density at radius 1 is 1.35 bits per heavy atom. The number of hydrogen-bond donors (Lipinski definition) is 0. The van der Waals surface area contributed by atoms with Crippen molar-refractivity contribution in [2.75, 3.05) is 24.4 Å². The molecule has 0 atom stereocenters. The standard InChI is InChI=1S/C11H13NO2.CH2Cl2/c1-12-10-5-4-9(14-2)7-8(10)3-6-11(12)13;2-1-3/h4-5,7H,3,6H2,1-2H3;1H2. The van der Waals surface area contributed by atoms with E-state index >= 15 is 0 Å². The fourth-order valence-corrected chi connectivity index (χ4v) is 1.76. The lowest BCUT2D eigenvalue weighted by Crippen LogP contribution is -2.30. The van der Waals surface area contributed by atoms with Crippen molar-refractivity contribution in [2.24, 2.45) is 0 Å². The Balaban J connectivity index is 0.000000437. The van der Waals surface area contributed by atoms with E-state index in [1.165, 1.54) is 5.56 Å². The van der Waals surface area contributed by atoms with Gasteiger partial charge in [-0.25, -0.2) is 0 Å². The number of nitrogens with zero attached hydrogens (tertiary/aromatic N) is 1. The van der Waals surface area contributed by atoms with Crippen LogP contribution < -0.4 is 9.64 Å². The second-order valence-corrected chi connectivity index (χ2v) is 4.36. The molecule has 0 bridgehead atoms. The van der Waals surface area contributed by atoms with Crippen LogP contribution in [0.5, 0.6) is 5.75 Å². The van der Waals surface area contributed by atoms with Gasteiger partial charge >= 0.3 is 0 Å². The number of benzene rings is 1. The summed E-state index contributed by atoms with van der Waals surface area (Å²) in [6.07, 6.45) is 1.41. The number of carbonyl (C=O) groups is 1. The van der Waals surface area contributed by atoms with Crippen LogP contribution in [0.3, 0.4) is 0 Å². The number of alkyl halides is 2. The predicted molar refractivity (Wildman–Crippen MR) is 71.3 cm³/mol. The second kappa shape index (κ2) is 6.72. The number of carbonyl (C=O) groups excluding carboxylic acids is 1. The van der Waals surface area contributed by atoms with Crippen LogP contribution in [0.1, 0.15) is 12.0 Å². The summed E-state index contributed by atoms with van der Waals surface area (Å²) in [5, 5.41) is 0.194. The fraction of sp³-hybridized carbons (Fsp3) is 0.417. The van der Waals surface area contributed by atoms with Crippen LogP contribution in [-0.2, 0) is 11.2 Å². The number of methoxy groups -OCH3 is 1. The van der Waals surface area contributed by atoms with Gasteiger partial charge in [-0.2, -0.15) is 0 Å². The van der Waals surface area contributed by atoms with Gasteiger partial charge in [-0.1, -0.05) is 0 Å². The van der Waals surface area contributed by atoms with Crippen molar-refractivity contribution in [3.05, 3.63) is 23.8 Å². The quantitative estimate of drug-likeness (QED) is 0.738. The van der Waals surface area contributed by atoms with E-state index in [4.69, 9.17) is 27.9 Å². The van der Waals surface area contributed by atoms with E-state index in [0.29, 0.717) is 6.42 Å². The molecule has 2 rings (SSSR count). The normalized spacial score (nSPS) is 13.6. The molecule has 1 aliphatic heterocycles. The number of halogens is 2. The predicted octanol–water partition coefficient (Wildman–Crippen LogP) is 3.03. The smallest absolute Gasteiger partial charge is 0.227 e. The van der Waals surface area contributed by atoms with Crippen LogP contribution in [0, 0.1) is 0 Å². The molecule has 0 saturated carbocycles. The molecule has 0 aliphatic carbocycles. The van der Waals surface area contributed by atoms with Crippen molar-refractivity contribution in [3.63, 3.8) is 0 Å². The molecule has 1 aliphatic rings. The lowest BCUT2D eigenvalue weighted by Gasteiger charge is -2.25. The highest BCUT2D eigenvalue weighted by Gasteiger charge is 2.20. The summed E-state index contributed by atoms with van der Waals surface area (Å²) in [5.74, 6) is 1.04. The van der Waals surface area contributed by atoms with E-state index in [-0.39, 0.29) is 11.2 Å². The average molecular weight is 276 g/mol. The molecule has 1 aromatic carbocycles. The van der Waals surface area contributed by atoms with Crippen molar-refractivity contribution in [3.8, 4) is 5.75 Å². The van der Waals surface area contributed by atoms with Crippen molar-refractivity contribution < 1.29 is 9.53 Å². The highest BCUT2D eigenvalue weighted by molar-refractivity contribution is 6.40. The topological polar surface area (TPSA) is 29.5 Å². The molecule has 94 valence electrons. The zero-order valence-corrected chi connectivity index (χ0v) is 11.4. The molecule has 0 unspecified atom stereocenters. The summed E-state index contributed by atoms with van der Waals surface area (Å²) in [7, 11) is 3.46. The molecular weight excluding hydrogens is 261 g/mol. The zero-order chi connectivity index (χ0) is 12.8. The molecule has 3 nitrogen and oxygen atoms in total. The van der Waals surface area contributed by atoms with Gasteiger partial charge < -0.3 is 9.64 Å². The van der Waals surface area contributed by atoms with E-state index in [9.17, 15) is 4.79 Å². The maximum absolute atomic E-state index is 11.4. The molecule has 0 saturated heterocycles. The van der Waals surface area contributed by atoms with Gasteiger partial charge in [-0.3, -0.25) is 4.79 Å². The molecule has 1 heterocycles. The van der Waals surface area contributed by atoms with Crippen LogP contribution >= 0.6 is 23.2 Å². The number of aryl methyl sites for hydroxylation is 1. The molecule has 1 amide bonds. The second-order valence-electron chi connectivity index (χ2n) is 3.55. The SMILES string of the molecule is COc1ccc2c(c1)CCC(=O)N2C.ClCCl. The first-order valence-corrected chi connectivity index (χ1v) is 6.26. The molecule has 0 fully saturated rings. The maximum Gasteiger partial charge on any atom is 0.227 e. The first-order chi connectivity index (χ1) is 8.13. The van der Waals surface area contributed by atoms with E-state index in [0.717, 1.165) is 17.9 Å². The van der Waals surface area contributed by atoms with Gasteiger partial charge in [-0.15, -0.1) is 23.2 Å². The first kappa shape index (κ1) is 14.1. The largest absolute Gasteiger partial charge is 0.497 e. The summed E-state index contributed by atoms with van der Waals surface area (Å²) in [4.78, 5) is 13.1. The van der Waals surface area contributed by atoms with Crippen molar-refractivity contribution >= 4 is 34.8 Å². The van der Waals surface area contributed by atoms with E-state index in [2.05, 4.69) is 0 Å². The lowest BCUT2D eigenvalue weighted by molar-refractivity contribution is -0.118. The number of anilines is 1. The summed E-state index contributed by atoms with van der Waals surface area (Å²) in [6.45, 7) is 0. The zero-order valence-electron chi connectivity index (χ0n) is 9.87. The van der Waals surface area contributed by atoms with Crippen LogP contribution in [-0.4, -0.2) is 25.4 Å². The van der Waals surface area contributed by atoms with Gasteiger partial charge in [0.05, 0.1) is 12.4 Å². The van der Waals surface area contributed by atoms with Gasteiger partial charge in [0.1, 0.15) is 5.75 Å². The molecule has 0 spiro atoms. The van der Waals surface area contributed by atoms with Crippen molar-refractivity contribution in [2.45, 2.75) is 12.8 Å². The van der Waals surface area contributed by atoms with Crippen molar-refractivity contribution in [1.29, 1.82) is 0 Å². The number of ether oxygens (including phenoxy) is 1. The Morgan fingerprint density at radius 2 is 2.00 bits per heavy atom. The molecule has 5 heteroatoms. The molecule has 0 radical (unpaired) electrons. The Bertz CT molecular complexity index is 396. The summed E-state index contributed by atoms with van der Waals surface area (Å²) in [6, 6.07) is 5.82. The van der Waals surface area contributed by atoms with Gasteiger partial charge in [0.15, 0.2) is 0 Å². The number of fused-ring (bicyclic) bond motifs is 1. The minimum atomic E-state index is 0.183. The molecular formula is C12H15Cl2NO2. The minimum Gasteiger partial charge on any atom is -0.497 e. The van der Waals surface area contributed by atoms with Crippen LogP contribution in [0.4, 0.5) is 5.69 Å². The van der Waals surface area contributed by atoms with E-state index in [1.807, 2.05) is 25.2 Å². The van der Waals surface area contributed by atoms with Crippen molar-refractivity contribution in [1.82, 2.24) is 0 Å². The molecule has 17 heavy (non-hydrogen) atoms.